The van der Waals surface area contributed by atoms with Crippen molar-refractivity contribution < 1.29 is 18.0 Å². The van der Waals surface area contributed by atoms with E-state index in [1.807, 2.05) is 41.3 Å². The van der Waals surface area contributed by atoms with Gasteiger partial charge in [0.2, 0.25) is 0 Å². The summed E-state index contributed by atoms with van der Waals surface area (Å²) < 4.78 is 23.5. The largest absolute Gasteiger partial charge is 0.339 e. The third kappa shape index (κ3) is 10.1. The van der Waals surface area contributed by atoms with Gasteiger partial charge >= 0.3 is 0 Å². The first-order chi connectivity index (χ1) is 21.2. The number of likely N-dealkylation sites (tertiary alicyclic amines) is 1. The van der Waals surface area contributed by atoms with Crippen molar-refractivity contribution in [3.8, 4) is 0 Å². The quantitative estimate of drug-likeness (QED) is 0.233. The maximum Gasteiger partial charge on any atom is 0.255 e. The van der Waals surface area contributed by atoms with Crippen molar-refractivity contribution in [3.05, 3.63) is 95.1 Å². The molecule has 3 aromatic carbocycles. The molecule has 3 aromatic rings. The smallest absolute Gasteiger partial charge is 0.255 e. The van der Waals surface area contributed by atoms with E-state index < -0.39 is 9.84 Å². The van der Waals surface area contributed by atoms with Crippen molar-refractivity contribution in [2.24, 2.45) is 5.92 Å². The Bertz CT molecular complexity index is 1560. The number of hydrogen-bond acceptors (Lipinski definition) is 5. The SMILES string of the molecule is CCCN(CC1CCN(C(=O)c2ccc(S(C)(=O)=O)cc2)CC1)C(C)Cc1cccc(NC(=O)c2ccc(C(C)(C)C)cc2)c1.Cl. The third-order valence-electron chi connectivity index (χ3n) is 8.79. The van der Waals surface area contributed by atoms with Gasteiger partial charge in [0.25, 0.3) is 11.8 Å². The fourth-order valence-corrected chi connectivity index (χ4v) is 6.66. The fourth-order valence-electron chi connectivity index (χ4n) is 6.03. The molecule has 1 heterocycles. The number of piperidine rings is 1. The maximum absolute atomic E-state index is 13.1. The molecule has 0 saturated carbocycles. The average molecular weight is 668 g/mol. The summed E-state index contributed by atoms with van der Waals surface area (Å²) in [6, 6.07) is 22.6. The highest BCUT2D eigenvalue weighted by Gasteiger charge is 2.26. The Hall–Kier alpha value is -3.20. The van der Waals surface area contributed by atoms with E-state index in [1.54, 1.807) is 12.1 Å². The van der Waals surface area contributed by atoms with Crippen LogP contribution in [0.25, 0.3) is 0 Å². The summed E-state index contributed by atoms with van der Waals surface area (Å²) in [5.74, 6) is 0.358. The van der Waals surface area contributed by atoms with Crippen LogP contribution in [0.15, 0.2) is 77.7 Å². The zero-order valence-electron chi connectivity index (χ0n) is 28.1. The van der Waals surface area contributed by atoms with Gasteiger partial charge < -0.3 is 15.1 Å². The molecular weight excluding hydrogens is 618 g/mol. The van der Waals surface area contributed by atoms with Gasteiger partial charge in [-0.25, -0.2) is 8.42 Å². The first kappa shape index (κ1) is 37.3. The van der Waals surface area contributed by atoms with Gasteiger partial charge in [0.15, 0.2) is 9.84 Å². The van der Waals surface area contributed by atoms with E-state index in [1.165, 1.54) is 29.5 Å². The molecule has 46 heavy (non-hydrogen) atoms. The molecule has 1 aliphatic heterocycles. The van der Waals surface area contributed by atoms with E-state index in [9.17, 15) is 18.0 Å². The number of carbonyl (C=O) groups is 2. The highest BCUT2D eigenvalue weighted by molar-refractivity contribution is 7.90. The van der Waals surface area contributed by atoms with Gasteiger partial charge in [-0.2, -0.15) is 0 Å². The van der Waals surface area contributed by atoms with Crippen molar-refractivity contribution >= 4 is 39.7 Å². The molecule has 4 rings (SSSR count). The fraction of sp³-hybridized carbons (Fsp3) is 0.459. The first-order valence-electron chi connectivity index (χ1n) is 16.1. The molecule has 1 atom stereocenters. The van der Waals surface area contributed by atoms with Crippen molar-refractivity contribution in [1.82, 2.24) is 9.80 Å². The van der Waals surface area contributed by atoms with Crippen LogP contribution in [0.3, 0.4) is 0 Å². The number of nitrogens with zero attached hydrogens (tertiary/aromatic N) is 2. The molecule has 0 radical (unpaired) electrons. The number of rotatable bonds is 11. The van der Waals surface area contributed by atoms with Gasteiger partial charge in [-0.3, -0.25) is 9.59 Å². The number of hydrogen-bond donors (Lipinski definition) is 1. The Kier molecular flexibility index (Phi) is 13.0. The second-order valence-electron chi connectivity index (χ2n) is 13.6. The maximum atomic E-state index is 13.1. The molecule has 1 saturated heterocycles. The third-order valence-corrected chi connectivity index (χ3v) is 9.92. The van der Waals surface area contributed by atoms with Crippen molar-refractivity contribution in [3.63, 3.8) is 0 Å². The van der Waals surface area contributed by atoms with E-state index in [4.69, 9.17) is 0 Å². The molecule has 1 aliphatic rings. The molecule has 0 spiro atoms. The van der Waals surface area contributed by atoms with E-state index >= 15 is 0 Å². The summed E-state index contributed by atoms with van der Waals surface area (Å²) in [4.78, 5) is 30.7. The number of halogens is 1. The van der Waals surface area contributed by atoms with Crippen LogP contribution in [0.4, 0.5) is 5.69 Å². The summed E-state index contributed by atoms with van der Waals surface area (Å²) in [6.07, 6.45) is 5.00. The van der Waals surface area contributed by atoms with Gasteiger partial charge in [0.05, 0.1) is 4.90 Å². The number of benzene rings is 3. The molecule has 0 bridgehead atoms. The van der Waals surface area contributed by atoms with E-state index in [0.29, 0.717) is 36.2 Å². The molecule has 9 heteroatoms. The molecule has 2 amide bonds. The van der Waals surface area contributed by atoms with Crippen molar-refractivity contribution in [1.29, 1.82) is 0 Å². The lowest BCUT2D eigenvalue weighted by Crippen LogP contribution is -2.44. The Morgan fingerprint density at radius 2 is 1.57 bits per heavy atom. The van der Waals surface area contributed by atoms with Crippen LogP contribution in [-0.2, 0) is 21.7 Å². The Balaban J connectivity index is 0.00000576. The molecule has 7 nitrogen and oxygen atoms in total. The zero-order valence-corrected chi connectivity index (χ0v) is 29.7. The topological polar surface area (TPSA) is 86.8 Å². The van der Waals surface area contributed by atoms with Crippen LogP contribution < -0.4 is 5.32 Å². The monoisotopic (exact) mass is 667 g/mol. The minimum absolute atomic E-state index is 0. The second kappa shape index (κ2) is 16.1. The van der Waals surface area contributed by atoms with Gasteiger partial charge in [0.1, 0.15) is 0 Å². The molecule has 1 fully saturated rings. The minimum atomic E-state index is -3.29. The van der Waals surface area contributed by atoms with Gasteiger partial charge in [0, 0.05) is 48.7 Å². The van der Waals surface area contributed by atoms with Gasteiger partial charge in [-0.05, 0) is 110 Å². The second-order valence-corrected chi connectivity index (χ2v) is 15.6. The van der Waals surface area contributed by atoms with Crippen LogP contribution in [-0.4, -0.2) is 68.5 Å². The van der Waals surface area contributed by atoms with E-state index in [-0.39, 0.29) is 34.5 Å². The molecular formula is C37H50ClN3O4S. The predicted octanol–water partition coefficient (Wildman–Crippen LogP) is 7.26. The highest BCUT2D eigenvalue weighted by Crippen LogP contribution is 2.25. The normalized spacial score (nSPS) is 14.9. The van der Waals surface area contributed by atoms with E-state index in [0.717, 1.165) is 44.5 Å². The molecule has 0 aliphatic carbocycles. The Morgan fingerprint density at radius 1 is 0.957 bits per heavy atom. The van der Waals surface area contributed by atoms with Gasteiger partial charge in [-0.15, -0.1) is 12.4 Å². The summed E-state index contributed by atoms with van der Waals surface area (Å²) >= 11 is 0. The lowest BCUT2D eigenvalue weighted by atomic mass is 9.87. The lowest BCUT2D eigenvalue weighted by Gasteiger charge is -2.37. The predicted molar refractivity (Wildman–Crippen MR) is 190 cm³/mol. The van der Waals surface area contributed by atoms with Crippen LogP contribution in [0.5, 0.6) is 0 Å². The molecule has 1 unspecified atom stereocenters. The number of sulfone groups is 1. The van der Waals surface area contributed by atoms with Crippen LogP contribution in [0.1, 0.15) is 85.7 Å². The van der Waals surface area contributed by atoms with Crippen molar-refractivity contribution in [2.75, 3.05) is 37.8 Å². The van der Waals surface area contributed by atoms with Gasteiger partial charge in [-0.1, -0.05) is 52.0 Å². The number of nitrogens with one attached hydrogen (secondary N) is 1. The average Bonchev–Trinajstić information content (AvgIpc) is 3.00. The molecule has 0 aromatic heterocycles. The Labute approximate surface area is 282 Å². The summed E-state index contributed by atoms with van der Waals surface area (Å²) in [7, 11) is -3.29. The molecule has 250 valence electrons. The van der Waals surface area contributed by atoms with Crippen LogP contribution >= 0.6 is 12.4 Å². The number of carbonyl (C=O) groups excluding carboxylic acids is 2. The lowest BCUT2D eigenvalue weighted by molar-refractivity contribution is 0.0651. The van der Waals surface area contributed by atoms with Crippen LogP contribution in [0, 0.1) is 5.92 Å². The number of amides is 2. The summed E-state index contributed by atoms with van der Waals surface area (Å²) in [5, 5.41) is 3.07. The highest BCUT2D eigenvalue weighted by atomic mass is 35.5. The van der Waals surface area contributed by atoms with Crippen LogP contribution in [0.2, 0.25) is 0 Å². The summed E-state index contributed by atoms with van der Waals surface area (Å²) in [5.41, 5.74) is 4.40. The number of anilines is 1. The first-order valence-corrected chi connectivity index (χ1v) is 18.0. The van der Waals surface area contributed by atoms with E-state index in [2.05, 4.69) is 57.0 Å². The summed E-state index contributed by atoms with van der Waals surface area (Å²) in [6.45, 7) is 14.4. The Morgan fingerprint density at radius 3 is 2.13 bits per heavy atom. The zero-order chi connectivity index (χ0) is 32.8. The van der Waals surface area contributed by atoms with Crippen molar-refractivity contribution in [2.45, 2.75) is 76.7 Å². The minimum Gasteiger partial charge on any atom is -0.339 e. The molecule has 1 N–H and O–H groups in total. The standard InChI is InChI=1S/C37H49N3O4S.ClH/c1-7-21-40(26-28-19-22-39(23-20-28)36(42)31-13-17-34(18-14-31)45(6,43)44)27(2)24-29-9-8-10-33(25-29)38-35(41)30-11-15-32(16-12-30)37(3,4)5;/h8-18,25,27-28H,7,19-24,26H2,1-6H3,(H,38,41);1H.